The first kappa shape index (κ1) is 20.5. The molecular weight excluding hydrogens is 410 g/mol. The van der Waals surface area contributed by atoms with Crippen LogP contribution in [0.2, 0.25) is 0 Å². The third kappa shape index (κ3) is 4.70. The van der Waals surface area contributed by atoms with Gasteiger partial charge in [-0.3, -0.25) is 19.1 Å². The van der Waals surface area contributed by atoms with Crippen molar-refractivity contribution in [2.45, 2.75) is 12.1 Å². The van der Waals surface area contributed by atoms with E-state index in [0.717, 1.165) is 11.3 Å². The van der Waals surface area contributed by atoms with Crippen molar-refractivity contribution in [2.75, 3.05) is 5.75 Å². The minimum atomic E-state index is -0.309. The largest absolute Gasteiger partial charge is 0.272 e. The molecule has 1 amide bonds. The number of para-hydroxylation sites is 2. The minimum Gasteiger partial charge on any atom is -0.272 e. The second-order valence-electron chi connectivity index (χ2n) is 6.68. The van der Waals surface area contributed by atoms with Gasteiger partial charge in [-0.05, 0) is 42.8 Å². The molecule has 1 N–H and O–H groups in total. The van der Waals surface area contributed by atoms with Gasteiger partial charge < -0.3 is 0 Å². The molecule has 8 heteroatoms. The van der Waals surface area contributed by atoms with Crippen LogP contribution in [-0.2, 0) is 4.79 Å². The van der Waals surface area contributed by atoms with Crippen LogP contribution in [0.5, 0.6) is 0 Å². The van der Waals surface area contributed by atoms with Crippen molar-refractivity contribution < 1.29 is 4.79 Å². The number of carbonyl (C=O) groups is 1. The summed E-state index contributed by atoms with van der Waals surface area (Å²) in [5.74, 6) is -0.258. The van der Waals surface area contributed by atoms with Gasteiger partial charge in [0.05, 0.1) is 34.3 Å². The van der Waals surface area contributed by atoms with Crippen LogP contribution in [0.4, 0.5) is 0 Å². The number of hydrogen-bond acceptors (Lipinski definition) is 6. The fraction of sp³-hybridized carbons (Fsp3) is 0.0870. The van der Waals surface area contributed by atoms with Crippen LogP contribution in [0.15, 0.2) is 88.0 Å². The molecule has 0 fully saturated rings. The molecule has 0 saturated heterocycles. The third-order valence-corrected chi connectivity index (χ3v) is 5.45. The average Bonchev–Trinajstić information content (AvgIpc) is 2.79. The summed E-state index contributed by atoms with van der Waals surface area (Å²) in [5.41, 5.74) is 5.21. The topological polar surface area (TPSA) is 89.2 Å². The predicted octanol–water partition coefficient (Wildman–Crippen LogP) is 3.33. The van der Waals surface area contributed by atoms with Crippen molar-refractivity contribution in [1.82, 2.24) is 20.0 Å². The van der Waals surface area contributed by atoms with Gasteiger partial charge in [-0.1, -0.05) is 48.2 Å². The zero-order valence-corrected chi connectivity index (χ0v) is 17.5. The van der Waals surface area contributed by atoms with Crippen molar-refractivity contribution in [3.8, 4) is 5.69 Å². The summed E-state index contributed by atoms with van der Waals surface area (Å²) < 4.78 is 1.56. The molecule has 2 aromatic heterocycles. The van der Waals surface area contributed by atoms with Crippen LogP contribution in [0.3, 0.4) is 0 Å². The Labute approximate surface area is 182 Å². The quantitative estimate of drug-likeness (QED) is 0.220. The van der Waals surface area contributed by atoms with Crippen LogP contribution in [-0.4, -0.2) is 32.4 Å². The second-order valence-corrected chi connectivity index (χ2v) is 7.62. The lowest BCUT2D eigenvalue weighted by Crippen LogP contribution is -2.24. The number of pyridine rings is 1. The molecule has 31 heavy (non-hydrogen) atoms. The maximum absolute atomic E-state index is 13.3. The van der Waals surface area contributed by atoms with Crippen LogP contribution in [0, 0.1) is 6.92 Å². The minimum absolute atomic E-state index is 0.0518. The predicted molar refractivity (Wildman–Crippen MR) is 123 cm³/mol. The van der Waals surface area contributed by atoms with E-state index in [1.165, 1.54) is 18.0 Å². The van der Waals surface area contributed by atoms with E-state index in [1.54, 1.807) is 35.0 Å². The fourth-order valence-corrected chi connectivity index (χ4v) is 3.82. The standard InChI is InChI=1S/C23H19N5O2S/c1-16-8-2-5-12-20(16)28-22(30)18-10-3-4-11-19(18)26-23(28)31-15-21(29)27-25-14-17-9-6-7-13-24-17/h2-14H,15H2,1H3,(H,27,29)/b25-14-. The molecular formula is C23H19N5O2S. The van der Waals surface area contributed by atoms with Gasteiger partial charge >= 0.3 is 0 Å². The lowest BCUT2D eigenvalue weighted by Gasteiger charge is -2.14. The first-order valence-electron chi connectivity index (χ1n) is 9.57. The highest BCUT2D eigenvalue weighted by atomic mass is 32.2. The van der Waals surface area contributed by atoms with E-state index in [-0.39, 0.29) is 17.2 Å². The number of aromatic nitrogens is 3. The maximum Gasteiger partial charge on any atom is 0.266 e. The highest BCUT2D eigenvalue weighted by Crippen LogP contribution is 2.22. The van der Waals surface area contributed by atoms with Gasteiger partial charge in [0, 0.05) is 6.20 Å². The molecule has 7 nitrogen and oxygen atoms in total. The van der Waals surface area contributed by atoms with E-state index >= 15 is 0 Å². The molecule has 0 unspecified atom stereocenters. The number of aryl methyl sites for hydroxylation is 1. The SMILES string of the molecule is Cc1ccccc1-n1c(SCC(=O)N/N=C\c2ccccn2)nc2ccccc2c1=O. The van der Waals surface area contributed by atoms with Gasteiger partial charge in [0.25, 0.3) is 11.5 Å². The molecule has 0 spiro atoms. The van der Waals surface area contributed by atoms with Crippen LogP contribution >= 0.6 is 11.8 Å². The summed E-state index contributed by atoms with van der Waals surface area (Å²) in [5, 5.41) is 4.90. The monoisotopic (exact) mass is 429 g/mol. The van der Waals surface area contributed by atoms with E-state index < -0.39 is 0 Å². The van der Waals surface area contributed by atoms with E-state index in [1.807, 2.05) is 49.4 Å². The van der Waals surface area contributed by atoms with Crippen molar-refractivity contribution in [3.05, 3.63) is 94.5 Å². The molecule has 0 radical (unpaired) electrons. The third-order valence-electron chi connectivity index (χ3n) is 4.51. The highest BCUT2D eigenvalue weighted by Gasteiger charge is 2.15. The van der Waals surface area contributed by atoms with Gasteiger partial charge in [0.15, 0.2) is 5.16 Å². The highest BCUT2D eigenvalue weighted by molar-refractivity contribution is 7.99. The van der Waals surface area contributed by atoms with Gasteiger partial charge in [-0.2, -0.15) is 5.10 Å². The number of amides is 1. The Kier molecular flexibility index (Phi) is 6.18. The van der Waals surface area contributed by atoms with E-state index in [2.05, 4.69) is 20.5 Å². The van der Waals surface area contributed by atoms with Gasteiger partial charge in [0.1, 0.15) is 0 Å². The Morgan fingerprint density at radius 1 is 1.10 bits per heavy atom. The lowest BCUT2D eigenvalue weighted by molar-refractivity contribution is -0.118. The maximum atomic E-state index is 13.3. The number of hydrogen-bond donors (Lipinski definition) is 1. The molecule has 4 aromatic rings. The Bertz CT molecular complexity index is 1320. The van der Waals surface area contributed by atoms with Crippen molar-refractivity contribution >= 4 is 34.8 Å². The molecule has 4 rings (SSSR count). The summed E-state index contributed by atoms with van der Waals surface area (Å²) in [6.07, 6.45) is 3.12. The number of nitrogens with one attached hydrogen (secondary N) is 1. The van der Waals surface area contributed by atoms with Crippen LogP contribution in [0.25, 0.3) is 16.6 Å². The molecule has 0 aliphatic heterocycles. The van der Waals surface area contributed by atoms with Gasteiger partial charge in [-0.25, -0.2) is 10.4 Å². The molecule has 0 saturated carbocycles. The summed E-state index contributed by atoms with van der Waals surface area (Å²) in [6.45, 7) is 1.93. The number of hydrazone groups is 1. The first-order valence-corrected chi connectivity index (χ1v) is 10.6. The van der Waals surface area contributed by atoms with E-state index in [4.69, 9.17) is 0 Å². The number of nitrogens with zero attached hydrogens (tertiary/aromatic N) is 4. The number of rotatable bonds is 6. The van der Waals surface area contributed by atoms with E-state index in [9.17, 15) is 9.59 Å². The first-order chi connectivity index (χ1) is 15.1. The normalized spacial score (nSPS) is 11.1. The van der Waals surface area contributed by atoms with Crippen molar-refractivity contribution in [2.24, 2.45) is 5.10 Å². The summed E-state index contributed by atoms with van der Waals surface area (Å²) in [7, 11) is 0. The number of fused-ring (bicyclic) bond motifs is 1. The van der Waals surface area contributed by atoms with Gasteiger partial charge in [0.2, 0.25) is 0 Å². The average molecular weight is 430 g/mol. The number of carbonyl (C=O) groups excluding carboxylic acids is 1. The van der Waals surface area contributed by atoms with Crippen LogP contribution in [0.1, 0.15) is 11.3 Å². The number of thioether (sulfide) groups is 1. The molecule has 0 atom stereocenters. The summed E-state index contributed by atoms with van der Waals surface area (Å²) in [6, 6.07) is 20.2. The van der Waals surface area contributed by atoms with Crippen LogP contribution < -0.4 is 11.0 Å². The summed E-state index contributed by atoms with van der Waals surface area (Å²) >= 11 is 1.18. The molecule has 2 aromatic carbocycles. The molecule has 154 valence electrons. The van der Waals surface area contributed by atoms with Crippen molar-refractivity contribution in [1.29, 1.82) is 0 Å². The summed E-state index contributed by atoms with van der Waals surface area (Å²) in [4.78, 5) is 34.3. The lowest BCUT2D eigenvalue weighted by atomic mass is 10.2. The Morgan fingerprint density at radius 3 is 2.68 bits per heavy atom. The number of benzene rings is 2. The molecule has 0 aliphatic rings. The van der Waals surface area contributed by atoms with Gasteiger partial charge in [-0.15, -0.1) is 0 Å². The molecule has 0 bridgehead atoms. The van der Waals surface area contributed by atoms with E-state index in [0.29, 0.717) is 21.8 Å². The molecule has 2 heterocycles. The molecule has 0 aliphatic carbocycles. The Balaban J connectivity index is 1.60. The Hall–Kier alpha value is -3.78. The fourth-order valence-electron chi connectivity index (χ4n) is 3.02. The smallest absolute Gasteiger partial charge is 0.266 e. The van der Waals surface area contributed by atoms with Crippen molar-refractivity contribution in [3.63, 3.8) is 0 Å². The Morgan fingerprint density at radius 2 is 1.87 bits per heavy atom. The zero-order valence-electron chi connectivity index (χ0n) is 16.7. The second kappa shape index (κ2) is 9.36. The zero-order chi connectivity index (χ0) is 21.6.